The second-order valence-electron chi connectivity index (χ2n) is 4.97. The Kier molecular flexibility index (Phi) is 11.1. The summed E-state index contributed by atoms with van der Waals surface area (Å²) < 4.78 is 0. The van der Waals surface area contributed by atoms with Crippen LogP contribution in [0.4, 0.5) is 0 Å². The molecule has 3 unspecified atom stereocenters. The zero-order chi connectivity index (χ0) is 11.1. The summed E-state index contributed by atoms with van der Waals surface area (Å²) in [7, 11) is 4.00. The molecule has 0 aromatic heterocycles. The van der Waals surface area contributed by atoms with Crippen molar-refractivity contribution in [3.63, 3.8) is 0 Å². The highest BCUT2D eigenvalue weighted by atomic mass is 35.5. The van der Waals surface area contributed by atoms with Crippen LogP contribution in [-0.4, -0.2) is 25.3 Å². The van der Waals surface area contributed by atoms with Crippen molar-refractivity contribution in [3.05, 3.63) is 0 Å². The molecular weight excluding hydrogens is 210 g/mol. The van der Waals surface area contributed by atoms with Gasteiger partial charge in [-0.1, -0.05) is 27.2 Å². The van der Waals surface area contributed by atoms with Crippen LogP contribution in [0.2, 0.25) is 0 Å². The third kappa shape index (κ3) is 7.15. The van der Waals surface area contributed by atoms with Gasteiger partial charge in [-0.15, -0.1) is 0 Å². The van der Waals surface area contributed by atoms with Gasteiger partial charge in [0.25, 0.3) is 0 Å². The van der Waals surface area contributed by atoms with E-state index in [0.29, 0.717) is 11.8 Å². The highest BCUT2D eigenvalue weighted by Crippen LogP contribution is 2.33. The minimum atomic E-state index is -0.0289. The molecule has 0 heterocycles. The lowest BCUT2D eigenvalue weighted by Crippen LogP contribution is -3.00. The molecule has 1 saturated carbocycles. The lowest BCUT2D eigenvalue weighted by Gasteiger charge is -2.33. The average Bonchev–Trinajstić information content (AvgIpc) is 2.04. The van der Waals surface area contributed by atoms with Crippen LogP contribution in [0, 0.1) is 17.8 Å². The van der Waals surface area contributed by atoms with Crippen molar-refractivity contribution in [2.24, 2.45) is 17.8 Å². The number of nitrogens with two attached hydrogens (primary N) is 1. The minimum absolute atomic E-state index is 0. The SMILES string of the molecule is CC1CCC(C(C)C)C(O)C1.C[NH2+]C.[Cl-]. The number of hydrogen-bond donors (Lipinski definition) is 2. The number of halogens is 1. The summed E-state index contributed by atoms with van der Waals surface area (Å²) in [5.74, 6) is 1.95. The van der Waals surface area contributed by atoms with Crippen LogP contribution in [0.1, 0.15) is 40.0 Å². The molecule has 0 bridgehead atoms. The van der Waals surface area contributed by atoms with E-state index in [4.69, 9.17) is 0 Å². The van der Waals surface area contributed by atoms with Crippen LogP contribution < -0.4 is 17.7 Å². The van der Waals surface area contributed by atoms with E-state index >= 15 is 0 Å². The third-order valence-corrected chi connectivity index (χ3v) is 2.99. The molecule has 0 aromatic carbocycles. The maximum atomic E-state index is 9.71. The molecule has 3 N–H and O–H groups in total. The standard InChI is InChI=1S/C10H20O.C2H7N.ClH/c1-7(2)9-5-4-8(3)6-10(9)11;1-3-2;/h7-11H,4-6H2,1-3H3;3H,1-2H3;1H. The van der Waals surface area contributed by atoms with Crippen LogP contribution in [0.5, 0.6) is 0 Å². The Morgan fingerprint density at radius 3 is 2.00 bits per heavy atom. The molecule has 0 aliphatic heterocycles. The maximum Gasteiger partial charge on any atom is 0.0647 e. The second-order valence-corrected chi connectivity index (χ2v) is 4.97. The largest absolute Gasteiger partial charge is 1.00 e. The topological polar surface area (TPSA) is 36.8 Å². The van der Waals surface area contributed by atoms with Crippen LogP contribution in [0.3, 0.4) is 0 Å². The lowest BCUT2D eigenvalue weighted by atomic mass is 9.75. The van der Waals surface area contributed by atoms with E-state index in [0.717, 1.165) is 12.3 Å². The van der Waals surface area contributed by atoms with Gasteiger partial charge in [-0.3, -0.25) is 0 Å². The van der Waals surface area contributed by atoms with E-state index in [9.17, 15) is 5.11 Å². The summed E-state index contributed by atoms with van der Waals surface area (Å²) in [5, 5.41) is 11.7. The fourth-order valence-electron chi connectivity index (χ4n) is 2.15. The predicted molar refractivity (Wildman–Crippen MR) is 61.1 cm³/mol. The van der Waals surface area contributed by atoms with Crippen LogP contribution in [0.25, 0.3) is 0 Å². The monoisotopic (exact) mass is 237 g/mol. The molecule has 94 valence electrons. The molecule has 2 nitrogen and oxygen atoms in total. The van der Waals surface area contributed by atoms with Crippen LogP contribution >= 0.6 is 0 Å². The summed E-state index contributed by atoms with van der Waals surface area (Å²) in [5.41, 5.74) is 0. The van der Waals surface area contributed by atoms with Crippen molar-refractivity contribution >= 4 is 0 Å². The van der Waals surface area contributed by atoms with E-state index < -0.39 is 0 Å². The van der Waals surface area contributed by atoms with Gasteiger partial charge < -0.3 is 22.8 Å². The molecule has 3 heteroatoms. The number of hydrogen-bond acceptors (Lipinski definition) is 1. The first kappa shape index (κ1) is 17.6. The Labute approximate surface area is 101 Å². The molecule has 0 saturated heterocycles. The first-order valence-electron chi connectivity index (χ1n) is 5.94. The minimum Gasteiger partial charge on any atom is -1.00 e. The van der Waals surface area contributed by atoms with Gasteiger partial charge in [-0.05, 0) is 30.6 Å². The first-order valence-corrected chi connectivity index (χ1v) is 5.94. The van der Waals surface area contributed by atoms with Crippen LogP contribution in [-0.2, 0) is 0 Å². The number of aliphatic hydroxyl groups excluding tert-OH is 1. The molecule has 1 aliphatic carbocycles. The molecule has 0 radical (unpaired) electrons. The zero-order valence-electron chi connectivity index (χ0n) is 10.8. The molecule has 0 amide bonds. The molecule has 1 aliphatic rings. The Balaban J connectivity index is 0. The van der Waals surface area contributed by atoms with Gasteiger partial charge >= 0.3 is 0 Å². The third-order valence-electron chi connectivity index (χ3n) is 2.99. The van der Waals surface area contributed by atoms with Gasteiger partial charge in [0.2, 0.25) is 0 Å². The van der Waals surface area contributed by atoms with E-state index in [1.165, 1.54) is 12.8 Å². The Bertz CT molecular complexity index is 142. The van der Waals surface area contributed by atoms with E-state index in [1.807, 2.05) is 19.4 Å². The summed E-state index contributed by atoms with van der Waals surface area (Å²) in [4.78, 5) is 0. The molecule has 15 heavy (non-hydrogen) atoms. The smallest absolute Gasteiger partial charge is 0.0647 e. The van der Waals surface area contributed by atoms with Gasteiger partial charge in [0.1, 0.15) is 0 Å². The van der Waals surface area contributed by atoms with Crippen molar-refractivity contribution in [2.45, 2.75) is 46.1 Å². The first-order chi connectivity index (χ1) is 6.52. The number of aliphatic hydroxyl groups is 1. The highest BCUT2D eigenvalue weighted by Gasteiger charge is 2.28. The Morgan fingerprint density at radius 1 is 1.20 bits per heavy atom. The Hall–Kier alpha value is 0.210. The highest BCUT2D eigenvalue weighted by molar-refractivity contribution is 4.79. The van der Waals surface area contributed by atoms with Crippen molar-refractivity contribution in [2.75, 3.05) is 14.1 Å². The van der Waals surface area contributed by atoms with Gasteiger partial charge in [0, 0.05) is 0 Å². The van der Waals surface area contributed by atoms with E-state index in [2.05, 4.69) is 20.8 Å². The van der Waals surface area contributed by atoms with Crippen molar-refractivity contribution in [1.82, 2.24) is 0 Å². The number of quaternary nitrogens is 1. The summed E-state index contributed by atoms with van der Waals surface area (Å²) in [6, 6.07) is 0. The molecule has 0 spiro atoms. The fourth-order valence-corrected chi connectivity index (χ4v) is 2.15. The second kappa shape index (κ2) is 9.44. The number of rotatable bonds is 1. The lowest BCUT2D eigenvalue weighted by molar-refractivity contribution is -0.597. The fraction of sp³-hybridized carbons (Fsp3) is 1.00. The average molecular weight is 238 g/mol. The predicted octanol–water partition coefficient (Wildman–Crippen LogP) is -1.75. The molecule has 3 atom stereocenters. The maximum absolute atomic E-state index is 9.71. The van der Waals surface area contributed by atoms with Crippen LogP contribution in [0.15, 0.2) is 0 Å². The Morgan fingerprint density at radius 2 is 1.67 bits per heavy atom. The summed E-state index contributed by atoms with van der Waals surface area (Å²) >= 11 is 0. The zero-order valence-corrected chi connectivity index (χ0v) is 11.6. The molecular formula is C12H28ClNO. The quantitative estimate of drug-likeness (QED) is 0.558. The van der Waals surface area contributed by atoms with E-state index in [1.54, 1.807) is 0 Å². The summed E-state index contributed by atoms with van der Waals surface area (Å²) in [6.45, 7) is 6.66. The van der Waals surface area contributed by atoms with Gasteiger partial charge in [0.15, 0.2) is 0 Å². The van der Waals surface area contributed by atoms with Gasteiger partial charge in [-0.25, -0.2) is 0 Å². The summed E-state index contributed by atoms with van der Waals surface area (Å²) in [6.07, 6.45) is 3.52. The van der Waals surface area contributed by atoms with Gasteiger partial charge in [0.05, 0.1) is 20.2 Å². The van der Waals surface area contributed by atoms with E-state index in [-0.39, 0.29) is 18.5 Å². The molecule has 1 rings (SSSR count). The molecule has 1 fully saturated rings. The van der Waals surface area contributed by atoms with Crippen molar-refractivity contribution in [3.8, 4) is 0 Å². The van der Waals surface area contributed by atoms with Gasteiger partial charge in [-0.2, -0.15) is 0 Å². The molecule has 0 aromatic rings. The van der Waals surface area contributed by atoms with Crippen molar-refractivity contribution in [1.29, 1.82) is 0 Å². The van der Waals surface area contributed by atoms with Crippen molar-refractivity contribution < 1.29 is 22.8 Å². The normalized spacial score (nSPS) is 30.2.